The van der Waals surface area contributed by atoms with E-state index < -0.39 is 0 Å². The number of amides is 1. The zero-order valence-electron chi connectivity index (χ0n) is 11.4. The molecule has 3 rings (SSSR count). The summed E-state index contributed by atoms with van der Waals surface area (Å²) >= 11 is 0. The molecule has 1 aliphatic heterocycles. The summed E-state index contributed by atoms with van der Waals surface area (Å²) in [4.78, 5) is 11.6. The maximum Gasteiger partial charge on any atom is 0.220 e. The van der Waals surface area contributed by atoms with Crippen molar-refractivity contribution in [1.82, 2.24) is 5.32 Å². The zero-order chi connectivity index (χ0) is 13.4. The van der Waals surface area contributed by atoms with Crippen LogP contribution in [-0.2, 0) is 4.79 Å². The lowest BCUT2D eigenvalue weighted by Gasteiger charge is -2.21. The van der Waals surface area contributed by atoms with Gasteiger partial charge in [-0.25, -0.2) is 0 Å². The maximum absolute atomic E-state index is 11.6. The molecule has 2 unspecified atom stereocenters. The number of ether oxygens (including phenoxy) is 2. The van der Waals surface area contributed by atoms with Gasteiger partial charge in [-0.3, -0.25) is 4.79 Å². The molecule has 0 radical (unpaired) electrons. The Bertz CT molecular complexity index is 512. The normalized spacial score (nSPS) is 23.9. The smallest absolute Gasteiger partial charge is 0.220 e. The van der Waals surface area contributed by atoms with Gasteiger partial charge in [0.2, 0.25) is 5.91 Å². The van der Waals surface area contributed by atoms with E-state index >= 15 is 0 Å². The Hall–Kier alpha value is -1.71. The van der Waals surface area contributed by atoms with Crippen molar-refractivity contribution in [2.75, 3.05) is 20.3 Å². The molecule has 1 amide bonds. The van der Waals surface area contributed by atoms with Gasteiger partial charge >= 0.3 is 0 Å². The standard InChI is InChI=1S/C15H19NO3/c1-9-5-10(6-15(17)16-2)12-8-14-13(7-11(9)12)18-3-4-19-14/h7-10H,3-6H2,1-2H3,(H,16,17). The Balaban J connectivity index is 1.94. The molecule has 1 N–H and O–H groups in total. The van der Waals surface area contributed by atoms with Crippen LogP contribution in [0.4, 0.5) is 0 Å². The average molecular weight is 261 g/mol. The van der Waals surface area contributed by atoms with Crippen molar-refractivity contribution < 1.29 is 14.3 Å². The highest BCUT2D eigenvalue weighted by atomic mass is 16.6. The maximum atomic E-state index is 11.6. The summed E-state index contributed by atoms with van der Waals surface area (Å²) in [7, 11) is 1.69. The van der Waals surface area contributed by atoms with Crippen molar-refractivity contribution in [2.24, 2.45) is 0 Å². The number of hydrogen-bond acceptors (Lipinski definition) is 3. The van der Waals surface area contributed by atoms with Crippen molar-refractivity contribution in [3.05, 3.63) is 23.3 Å². The molecule has 0 bridgehead atoms. The third-order valence-electron chi connectivity index (χ3n) is 4.07. The monoisotopic (exact) mass is 261 g/mol. The summed E-state index contributed by atoms with van der Waals surface area (Å²) in [6.07, 6.45) is 1.57. The summed E-state index contributed by atoms with van der Waals surface area (Å²) in [5, 5.41) is 2.70. The molecule has 19 heavy (non-hydrogen) atoms. The highest BCUT2D eigenvalue weighted by Gasteiger charge is 2.32. The fourth-order valence-corrected chi connectivity index (χ4v) is 3.10. The molecule has 0 aromatic heterocycles. The number of carbonyl (C=O) groups is 1. The Kier molecular flexibility index (Phi) is 3.09. The summed E-state index contributed by atoms with van der Waals surface area (Å²) < 4.78 is 11.3. The van der Waals surface area contributed by atoms with E-state index in [0.29, 0.717) is 31.5 Å². The molecular weight excluding hydrogens is 242 g/mol. The lowest BCUT2D eigenvalue weighted by Crippen LogP contribution is -2.20. The first-order valence-electron chi connectivity index (χ1n) is 6.83. The van der Waals surface area contributed by atoms with Gasteiger partial charge in [0.1, 0.15) is 13.2 Å². The molecule has 0 saturated carbocycles. The number of hydrogen-bond donors (Lipinski definition) is 1. The second kappa shape index (κ2) is 4.76. The van der Waals surface area contributed by atoms with E-state index in [1.54, 1.807) is 7.05 Å². The van der Waals surface area contributed by atoms with E-state index in [1.165, 1.54) is 11.1 Å². The number of carbonyl (C=O) groups excluding carboxylic acids is 1. The van der Waals surface area contributed by atoms with Gasteiger partial charge < -0.3 is 14.8 Å². The third-order valence-corrected chi connectivity index (χ3v) is 4.07. The van der Waals surface area contributed by atoms with Crippen LogP contribution in [0.1, 0.15) is 42.7 Å². The highest BCUT2D eigenvalue weighted by Crippen LogP contribution is 2.47. The zero-order valence-corrected chi connectivity index (χ0v) is 11.4. The second-order valence-corrected chi connectivity index (χ2v) is 5.34. The van der Waals surface area contributed by atoms with E-state index in [1.807, 2.05) is 0 Å². The van der Waals surface area contributed by atoms with E-state index in [9.17, 15) is 4.79 Å². The Morgan fingerprint density at radius 2 is 1.89 bits per heavy atom. The van der Waals surface area contributed by atoms with Crippen LogP contribution in [0.3, 0.4) is 0 Å². The highest BCUT2D eigenvalue weighted by molar-refractivity contribution is 5.77. The number of nitrogens with one attached hydrogen (secondary N) is 1. The van der Waals surface area contributed by atoms with Crippen molar-refractivity contribution in [3.63, 3.8) is 0 Å². The minimum atomic E-state index is 0.0972. The van der Waals surface area contributed by atoms with E-state index in [2.05, 4.69) is 24.4 Å². The average Bonchev–Trinajstić information content (AvgIpc) is 2.72. The van der Waals surface area contributed by atoms with Crippen molar-refractivity contribution in [2.45, 2.75) is 31.6 Å². The summed E-state index contributed by atoms with van der Waals surface area (Å²) in [5.41, 5.74) is 2.55. The van der Waals surface area contributed by atoms with Gasteiger partial charge in [-0.05, 0) is 41.5 Å². The molecule has 1 aliphatic carbocycles. The predicted molar refractivity (Wildman–Crippen MR) is 71.9 cm³/mol. The molecule has 1 aromatic rings. The van der Waals surface area contributed by atoms with Gasteiger partial charge in [-0.2, -0.15) is 0 Å². The first-order chi connectivity index (χ1) is 9.19. The van der Waals surface area contributed by atoms with Crippen LogP contribution in [0.25, 0.3) is 0 Å². The van der Waals surface area contributed by atoms with Gasteiger partial charge in [-0.15, -0.1) is 0 Å². The molecule has 4 nitrogen and oxygen atoms in total. The van der Waals surface area contributed by atoms with Crippen LogP contribution in [-0.4, -0.2) is 26.2 Å². The minimum absolute atomic E-state index is 0.0972. The van der Waals surface area contributed by atoms with Gasteiger partial charge in [-0.1, -0.05) is 6.92 Å². The van der Waals surface area contributed by atoms with E-state index in [0.717, 1.165) is 17.9 Å². The Morgan fingerprint density at radius 1 is 1.26 bits per heavy atom. The van der Waals surface area contributed by atoms with Crippen LogP contribution in [0, 0.1) is 0 Å². The molecule has 0 fully saturated rings. The number of benzene rings is 1. The minimum Gasteiger partial charge on any atom is -0.486 e. The molecule has 102 valence electrons. The molecule has 0 spiro atoms. The van der Waals surface area contributed by atoms with Gasteiger partial charge in [0, 0.05) is 13.5 Å². The van der Waals surface area contributed by atoms with Crippen LogP contribution < -0.4 is 14.8 Å². The first kappa shape index (κ1) is 12.3. The lowest BCUT2D eigenvalue weighted by molar-refractivity contribution is -0.121. The largest absolute Gasteiger partial charge is 0.486 e. The van der Waals surface area contributed by atoms with Gasteiger partial charge in [0.05, 0.1) is 0 Å². The third kappa shape index (κ3) is 2.15. The fourth-order valence-electron chi connectivity index (χ4n) is 3.10. The fraction of sp³-hybridized carbons (Fsp3) is 0.533. The number of fused-ring (bicyclic) bond motifs is 2. The first-order valence-corrected chi connectivity index (χ1v) is 6.83. The van der Waals surface area contributed by atoms with Crippen LogP contribution in [0.2, 0.25) is 0 Å². The molecular formula is C15H19NO3. The molecule has 4 heteroatoms. The van der Waals surface area contributed by atoms with Crippen LogP contribution >= 0.6 is 0 Å². The second-order valence-electron chi connectivity index (χ2n) is 5.34. The quantitative estimate of drug-likeness (QED) is 0.887. The SMILES string of the molecule is CNC(=O)CC1CC(C)c2cc3c(cc21)OCCO3. The Morgan fingerprint density at radius 3 is 2.53 bits per heavy atom. The lowest BCUT2D eigenvalue weighted by atomic mass is 9.97. The van der Waals surface area contributed by atoms with Gasteiger partial charge in [0.25, 0.3) is 0 Å². The molecule has 2 atom stereocenters. The van der Waals surface area contributed by atoms with Crippen molar-refractivity contribution in [3.8, 4) is 11.5 Å². The molecule has 2 aliphatic rings. The van der Waals surface area contributed by atoms with Crippen LogP contribution in [0.15, 0.2) is 12.1 Å². The molecule has 0 saturated heterocycles. The van der Waals surface area contributed by atoms with Crippen molar-refractivity contribution >= 4 is 5.91 Å². The summed E-state index contributed by atoms with van der Waals surface area (Å²) in [6, 6.07) is 4.17. The van der Waals surface area contributed by atoms with Crippen molar-refractivity contribution in [1.29, 1.82) is 0 Å². The van der Waals surface area contributed by atoms with E-state index in [-0.39, 0.29) is 5.91 Å². The molecule has 1 heterocycles. The van der Waals surface area contributed by atoms with Gasteiger partial charge in [0.15, 0.2) is 11.5 Å². The predicted octanol–water partition coefficient (Wildman–Crippen LogP) is 2.18. The Labute approximate surface area is 113 Å². The van der Waals surface area contributed by atoms with Crippen LogP contribution in [0.5, 0.6) is 11.5 Å². The number of rotatable bonds is 2. The summed E-state index contributed by atoms with van der Waals surface area (Å²) in [5.74, 6) is 2.53. The molecule has 1 aromatic carbocycles. The topological polar surface area (TPSA) is 47.6 Å². The van der Waals surface area contributed by atoms with E-state index in [4.69, 9.17) is 9.47 Å². The summed E-state index contributed by atoms with van der Waals surface area (Å²) in [6.45, 7) is 3.42.